The fourth-order valence-corrected chi connectivity index (χ4v) is 3.45. The van der Waals surface area contributed by atoms with Crippen molar-refractivity contribution < 1.29 is 19.4 Å². The highest BCUT2D eigenvalue weighted by atomic mass is 16.5. The Morgan fingerprint density at radius 1 is 1.07 bits per heavy atom. The first kappa shape index (κ1) is 21.8. The summed E-state index contributed by atoms with van der Waals surface area (Å²) in [5.74, 6) is 0.244. The van der Waals surface area contributed by atoms with E-state index in [9.17, 15) is 14.7 Å². The lowest BCUT2D eigenvalue weighted by molar-refractivity contribution is -0.132. The molecule has 2 N–H and O–H groups in total. The molecule has 1 fully saturated rings. The fourth-order valence-electron chi connectivity index (χ4n) is 3.45. The number of aliphatic hydroxyl groups excluding tert-OH is 1. The summed E-state index contributed by atoms with van der Waals surface area (Å²) in [6.07, 6.45) is -0.998. The number of hydrogen-bond donors (Lipinski definition) is 2. The molecule has 3 rings (SSSR count). The first-order valence-electron chi connectivity index (χ1n) is 10.1. The van der Waals surface area contributed by atoms with Gasteiger partial charge in [0.25, 0.3) is 5.91 Å². The number of urea groups is 1. The Hall–Kier alpha value is -2.86. The molecule has 160 valence electrons. The molecular formula is C24H30N2O4. The molecule has 2 atom stereocenters. The summed E-state index contributed by atoms with van der Waals surface area (Å²) in [7, 11) is 0. The first-order chi connectivity index (χ1) is 14.0. The van der Waals surface area contributed by atoms with Gasteiger partial charge in [0, 0.05) is 0 Å². The molecular weight excluding hydrogens is 380 g/mol. The monoisotopic (exact) mass is 410 g/mol. The predicted molar refractivity (Wildman–Crippen MR) is 115 cm³/mol. The van der Waals surface area contributed by atoms with Crippen LogP contribution < -0.4 is 10.1 Å². The van der Waals surface area contributed by atoms with Crippen molar-refractivity contribution in [3.8, 4) is 5.75 Å². The zero-order chi connectivity index (χ0) is 22.1. The molecule has 2 aromatic carbocycles. The van der Waals surface area contributed by atoms with Crippen LogP contribution in [0.25, 0.3) is 0 Å². The van der Waals surface area contributed by atoms with Crippen LogP contribution in [0.3, 0.4) is 0 Å². The number of ether oxygens (including phenoxy) is 1. The standard InChI is InChI=1S/C24H30N2O4/c1-16-6-8-18(9-7-16)24(5)21(28)26(22(29)25-24)14-19(27)15-30-20-12-10-17(11-13-20)23(2,3)4/h6-13,19,27H,14-15H2,1-5H3,(H,25,29)/t19-,24+/m0/s1. The number of benzene rings is 2. The SMILES string of the molecule is Cc1ccc([C@@]2(C)NC(=O)N(C[C@H](O)COc3ccc(C(C)(C)C)cc3)C2=O)cc1. The third kappa shape index (κ3) is 4.49. The van der Waals surface area contributed by atoms with Crippen molar-refractivity contribution in [1.29, 1.82) is 0 Å². The van der Waals surface area contributed by atoms with Gasteiger partial charge in [0.05, 0.1) is 6.54 Å². The number of hydrogen-bond acceptors (Lipinski definition) is 4. The molecule has 1 aliphatic rings. The molecule has 0 unspecified atom stereocenters. The molecule has 0 spiro atoms. The van der Waals surface area contributed by atoms with Crippen LogP contribution in [0.2, 0.25) is 0 Å². The molecule has 6 heteroatoms. The maximum Gasteiger partial charge on any atom is 0.325 e. The molecule has 3 amide bonds. The van der Waals surface area contributed by atoms with Gasteiger partial charge >= 0.3 is 6.03 Å². The molecule has 0 aromatic heterocycles. The van der Waals surface area contributed by atoms with Crippen molar-refractivity contribution in [3.05, 3.63) is 65.2 Å². The van der Waals surface area contributed by atoms with Crippen molar-refractivity contribution in [2.75, 3.05) is 13.2 Å². The summed E-state index contributed by atoms with van der Waals surface area (Å²) < 4.78 is 5.65. The van der Waals surface area contributed by atoms with Gasteiger partial charge in [-0.1, -0.05) is 62.7 Å². The van der Waals surface area contributed by atoms with E-state index in [1.54, 1.807) is 6.92 Å². The molecule has 0 bridgehead atoms. The average molecular weight is 411 g/mol. The van der Waals surface area contributed by atoms with Crippen LogP contribution in [0, 0.1) is 6.92 Å². The van der Waals surface area contributed by atoms with Gasteiger partial charge < -0.3 is 15.2 Å². The lowest BCUT2D eigenvalue weighted by atomic mass is 9.87. The second-order valence-electron chi connectivity index (χ2n) is 9.08. The second-order valence-corrected chi connectivity index (χ2v) is 9.08. The van der Waals surface area contributed by atoms with Crippen molar-refractivity contribution in [1.82, 2.24) is 10.2 Å². The Bertz CT molecular complexity index is 916. The van der Waals surface area contributed by atoms with Crippen LogP contribution >= 0.6 is 0 Å². The van der Waals surface area contributed by atoms with E-state index in [-0.39, 0.29) is 24.5 Å². The maximum atomic E-state index is 13.0. The highest BCUT2D eigenvalue weighted by Crippen LogP contribution is 2.29. The van der Waals surface area contributed by atoms with E-state index in [0.29, 0.717) is 11.3 Å². The van der Waals surface area contributed by atoms with E-state index < -0.39 is 17.7 Å². The molecule has 2 aromatic rings. The quantitative estimate of drug-likeness (QED) is 0.715. The number of aliphatic hydroxyl groups is 1. The normalized spacial score (nSPS) is 20.3. The summed E-state index contributed by atoms with van der Waals surface area (Å²) in [4.78, 5) is 26.4. The minimum absolute atomic E-state index is 0.0207. The molecule has 1 heterocycles. The van der Waals surface area contributed by atoms with Gasteiger partial charge in [-0.3, -0.25) is 9.69 Å². The summed E-state index contributed by atoms with van der Waals surface area (Å²) >= 11 is 0. The summed E-state index contributed by atoms with van der Waals surface area (Å²) in [6.45, 7) is 9.89. The molecule has 6 nitrogen and oxygen atoms in total. The van der Waals surface area contributed by atoms with Crippen LogP contribution in [0.4, 0.5) is 4.79 Å². The first-order valence-corrected chi connectivity index (χ1v) is 10.1. The molecule has 0 aliphatic carbocycles. The summed E-state index contributed by atoms with van der Waals surface area (Å²) in [6, 6.07) is 14.6. The Morgan fingerprint density at radius 2 is 1.67 bits per heavy atom. The number of aryl methyl sites for hydroxylation is 1. The zero-order valence-corrected chi connectivity index (χ0v) is 18.2. The largest absolute Gasteiger partial charge is 0.491 e. The maximum absolute atomic E-state index is 13.0. The Balaban J connectivity index is 1.61. The number of carbonyl (C=O) groups is 2. The number of amides is 3. The van der Waals surface area contributed by atoms with E-state index in [0.717, 1.165) is 10.5 Å². The predicted octanol–water partition coefficient (Wildman–Crippen LogP) is 3.50. The molecule has 0 saturated carbocycles. The summed E-state index contributed by atoms with van der Waals surface area (Å²) in [5.41, 5.74) is 1.86. The number of rotatable bonds is 6. The smallest absolute Gasteiger partial charge is 0.325 e. The Labute approximate surface area is 177 Å². The van der Waals surface area contributed by atoms with Gasteiger partial charge in [0.15, 0.2) is 0 Å². The second kappa shape index (κ2) is 8.11. The van der Waals surface area contributed by atoms with Crippen molar-refractivity contribution in [2.24, 2.45) is 0 Å². The highest BCUT2D eigenvalue weighted by Gasteiger charge is 2.49. The third-order valence-electron chi connectivity index (χ3n) is 5.46. The van der Waals surface area contributed by atoms with Crippen molar-refractivity contribution in [2.45, 2.75) is 51.7 Å². The average Bonchev–Trinajstić information content (AvgIpc) is 2.90. The number of β-amino-alcohol motifs (C(OH)–C–C–N with tert-alkyl or cyclic N) is 1. The topological polar surface area (TPSA) is 78.9 Å². The Kier molecular flexibility index (Phi) is 5.90. The van der Waals surface area contributed by atoms with Crippen LogP contribution in [-0.4, -0.2) is 41.2 Å². The molecule has 1 aliphatic heterocycles. The fraction of sp³-hybridized carbons (Fsp3) is 0.417. The Morgan fingerprint density at radius 3 is 2.23 bits per heavy atom. The highest BCUT2D eigenvalue weighted by molar-refractivity contribution is 6.07. The van der Waals surface area contributed by atoms with Gasteiger partial charge in [0.2, 0.25) is 0 Å². The van der Waals surface area contributed by atoms with Gasteiger partial charge in [-0.15, -0.1) is 0 Å². The van der Waals surface area contributed by atoms with E-state index in [2.05, 4.69) is 26.1 Å². The summed E-state index contributed by atoms with van der Waals surface area (Å²) in [5, 5.41) is 13.1. The van der Waals surface area contributed by atoms with Gasteiger partial charge in [-0.25, -0.2) is 4.79 Å². The zero-order valence-electron chi connectivity index (χ0n) is 18.2. The van der Waals surface area contributed by atoms with E-state index >= 15 is 0 Å². The van der Waals surface area contributed by atoms with Crippen LogP contribution in [0.15, 0.2) is 48.5 Å². The molecule has 1 saturated heterocycles. The van der Waals surface area contributed by atoms with Gasteiger partial charge in [-0.2, -0.15) is 0 Å². The number of nitrogens with zero attached hydrogens (tertiary/aromatic N) is 1. The third-order valence-corrected chi connectivity index (χ3v) is 5.46. The van der Waals surface area contributed by atoms with Crippen LogP contribution in [0.5, 0.6) is 5.75 Å². The lowest BCUT2D eigenvalue weighted by Crippen LogP contribution is -2.42. The van der Waals surface area contributed by atoms with E-state index in [1.807, 2.05) is 55.5 Å². The minimum atomic E-state index is -1.14. The van der Waals surface area contributed by atoms with Crippen LogP contribution in [0.1, 0.15) is 44.4 Å². The van der Waals surface area contributed by atoms with E-state index in [1.165, 1.54) is 5.56 Å². The van der Waals surface area contributed by atoms with Crippen molar-refractivity contribution in [3.63, 3.8) is 0 Å². The van der Waals surface area contributed by atoms with Gasteiger partial charge in [-0.05, 0) is 42.5 Å². The number of nitrogens with one attached hydrogen (secondary N) is 1. The molecule has 30 heavy (non-hydrogen) atoms. The van der Waals surface area contributed by atoms with Gasteiger partial charge in [0.1, 0.15) is 24.0 Å². The molecule has 0 radical (unpaired) electrons. The van der Waals surface area contributed by atoms with Crippen LogP contribution in [-0.2, 0) is 15.7 Å². The lowest BCUT2D eigenvalue weighted by Gasteiger charge is -2.23. The minimum Gasteiger partial charge on any atom is -0.491 e. The van der Waals surface area contributed by atoms with Crippen molar-refractivity contribution >= 4 is 11.9 Å². The number of imide groups is 1. The number of carbonyl (C=O) groups excluding carboxylic acids is 2. The van der Waals surface area contributed by atoms with E-state index in [4.69, 9.17) is 4.74 Å².